The van der Waals surface area contributed by atoms with Gasteiger partial charge in [-0.05, 0) is 26.0 Å². The predicted molar refractivity (Wildman–Crippen MR) is 79.5 cm³/mol. The van der Waals surface area contributed by atoms with Crippen LogP contribution in [0.2, 0.25) is 0 Å². The molecule has 0 spiro atoms. The molecule has 0 bridgehead atoms. The molecule has 4 nitrogen and oxygen atoms in total. The predicted octanol–water partition coefficient (Wildman–Crippen LogP) is 2.80. The number of likely N-dealkylation sites (N-methyl/N-ethyl adjacent to an activating group) is 1. The lowest BCUT2D eigenvalue weighted by atomic mass is 10.3. The lowest BCUT2D eigenvalue weighted by Crippen LogP contribution is -2.24. The van der Waals surface area contributed by atoms with Gasteiger partial charge in [-0.2, -0.15) is 5.10 Å². The Kier molecular flexibility index (Phi) is 4.35. The van der Waals surface area contributed by atoms with Crippen LogP contribution in [0.5, 0.6) is 0 Å². The van der Waals surface area contributed by atoms with Crippen molar-refractivity contribution < 1.29 is 4.79 Å². The van der Waals surface area contributed by atoms with E-state index in [2.05, 4.69) is 5.10 Å². The van der Waals surface area contributed by atoms with Crippen LogP contribution in [-0.4, -0.2) is 27.6 Å². The number of hydrogen-bond acceptors (Lipinski definition) is 2. The van der Waals surface area contributed by atoms with E-state index in [4.69, 9.17) is 0 Å². The molecule has 1 amide bonds. The van der Waals surface area contributed by atoms with E-state index >= 15 is 0 Å². The maximum atomic E-state index is 11.9. The minimum absolute atomic E-state index is 0.0115. The molecule has 20 heavy (non-hydrogen) atoms. The first-order valence-corrected chi connectivity index (χ1v) is 6.55. The third-order valence-corrected chi connectivity index (χ3v) is 2.86. The van der Waals surface area contributed by atoms with Crippen LogP contribution in [-0.2, 0) is 11.3 Å². The molecule has 2 rings (SSSR count). The maximum Gasteiger partial charge on any atom is 0.246 e. The summed E-state index contributed by atoms with van der Waals surface area (Å²) in [6.45, 7) is 4.38. The lowest BCUT2D eigenvalue weighted by molar-refractivity contribution is -0.125. The van der Waals surface area contributed by atoms with Gasteiger partial charge in [0.1, 0.15) is 0 Å². The van der Waals surface area contributed by atoms with E-state index in [0.29, 0.717) is 6.54 Å². The summed E-state index contributed by atoms with van der Waals surface area (Å²) in [7, 11) is 1.79. The molecule has 0 atom stereocenters. The third kappa shape index (κ3) is 3.57. The molecule has 1 heterocycles. The summed E-state index contributed by atoms with van der Waals surface area (Å²) in [5.41, 5.74) is 3.02. The van der Waals surface area contributed by atoms with Gasteiger partial charge in [0.15, 0.2) is 0 Å². The van der Waals surface area contributed by atoms with Crippen molar-refractivity contribution in [2.24, 2.45) is 0 Å². The van der Waals surface area contributed by atoms with E-state index < -0.39 is 0 Å². The minimum atomic E-state index is 0.0115. The summed E-state index contributed by atoms with van der Waals surface area (Å²) in [5, 5.41) is 4.32. The van der Waals surface area contributed by atoms with Crippen molar-refractivity contribution in [3.05, 3.63) is 59.9 Å². The van der Waals surface area contributed by atoms with Gasteiger partial charge in [0.2, 0.25) is 5.91 Å². The Labute approximate surface area is 119 Å². The van der Waals surface area contributed by atoms with Gasteiger partial charge in [0.05, 0.1) is 11.9 Å². The van der Waals surface area contributed by atoms with Gasteiger partial charge < -0.3 is 4.90 Å². The van der Waals surface area contributed by atoms with Crippen LogP contribution in [0.1, 0.15) is 19.4 Å². The SMILES string of the molecule is CC(C)=CC(=O)N(C)Cc1cnn(-c2ccccc2)c1. The number of allylic oxidation sites excluding steroid dienone is 1. The maximum absolute atomic E-state index is 11.9. The Hall–Kier alpha value is -2.36. The smallest absolute Gasteiger partial charge is 0.246 e. The van der Waals surface area contributed by atoms with Gasteiger partial charge in [0, 0.05) is 31.4 Å². The molecule has 0 aliphatic heterocycles. The van der Waals surface area contributed by atoms with Crippen molar-refractivity contribution in [2.75, 3.05) is 7.05 Å². The molecule has 2 aromatic rings. The zero-order valence-electron chi connectivity index (χ0n) is 12.1. The summed E-state index contributed by atoms with van der Waals surface area (Å²) in [6, 6.07) is 9.91. The fraction of sp³-hybridized carbons (Fsp3) is 0.250. The minimum Gasteiger partial charge on any atom is -0.338 e. The fourth-order valence-electron chi connectivity index (χ4n) is 1.87. The van der Waals surface area contributed by atoms with Crippen molar-refractivity contribution in [2.45, 2.75) is 20.4 Å². The first-order chi connectivity index (χ1) is 9.56. The number of carbonyl (C=O) groups excluding carboxylic acids is 1. The number of benzene rings is 1. The van der Waals surface area contributed by atoms with E-state index in [9.17, 15) is 4.79 Å². The molecule has 1 aromatic heterocycles. The largest absolute Gasteiger partial charge is 0.338 e. The first kappa shape index (κ1) is 14.1. The summed E-state index contributed by atoms with van der Waals surface area (Å²) >= 11 is 0. The second-order valence-electron chi connectivity index (χ2n) is 5.04. The number of hydrogen-bond donors (Lipinski definition) is 0. The molecule has 0 aliphatic carbocycles. The highest BCUT2D eigenvalue weighted by Crippen LogP contribution is 2.09. The van der Waals surface area contributed by atoms with Gasteiger partial charge >= 0.3 is 0 Å². The summed E-state index contributed by atoms with van der Waals surface area (Å²) in [6.07, 6.45) is 5.38. The second kappa shape index (κ2) is 6.19. The monoisotopic (exact) mass is 269 g/mol. The van der Waals surface area contributed by atoms with E-state index in [-0.39, 0.29) is 5.91 Å². The van der Waals surface area contributed by atoms with Crippen LogP contribution >= 0.6 is 0 Å². The van der Waals surface area contributed by atoms with Crippen LogP contribution in [0, 0.1) is 0 Å². The Morgan fingerprint density at radius 2 is 2.00 bits per heavy atom. The summed E-state index contributed by atoms with van der Waals surface area (Å²) < 4.78 is 1.81. The lowest BCUT2D eigenvalue weighted by Gasteiger charge is -2.13. The van der Waals surface area contributed by atoms with Crippen molar-refractivity contribution in [1.82, 2.24) is 14.7 Å². The molecule has 0 saturated carbocycles. The molecule has 104 valence electrons. The number of para-hydroxylation sites is 1. The van der Waals surface area contributed by atoms with Crippen molar-refractivity contribution >= 4 is 5.91 Å². The fourth-order valence-corrected chi connectivity index (χ4v) is 1.87. The number of nitrogens with zero attached hydrogens (tertiary/aromatic N) is 3. The molecule has 4 heteroatoms. The quantitative estimate of drug-likeness (QED) is 0.800. The van der Waals surface area contributed by atoms with Crippen molar-refractivity contribution in [1.29, 1.82) is 0 Å². The van der Waals surface area contributed by atoms with Crippen LogP contribution in [0.4, 0.5) is 0 Å². The molecule has 0 unspecified atom stereocenters. The average Bonchev–Trinajstić information content (AvgIpc) is 2.87. The number of carbonyl (C=O) groups is 1. The second-order valence-corrected chi connectivity index (χ2v) is 5.04. The van der Waals surface area contributed by atoms with Gasteiger partial charge in [-0.15, -0.1) is 0 Å². The molecule has 0 N–H and O–H groups in total. The number of amides is 1. The summed E-state index contributed by atoms with van der Waals surface area (Å²) in [4.78, 5) is 13.5. The Balaban J connectivity index is 2.07. The normalized spacial score (nSPS) is 10.2. The van der Waals surface area contributed by atoms with E-state index in [1.165, 1.54) is 0 Å². The van der Waals surface area contributed by atoms with Gasteiger partial charge in [0.25, 0.3) is 0 Å². The Morgan fingerprint density at radius 1 is 1.30 bits per heavy atom. The highest BCUT2D eigenvalue weighted by molar-refractivity contribution is 5.87. The van der Waals surface area contributed by atoms with Crippen LogP contribution in [0.15, 0.2) is 54.4 Å². The van der Waals surface area contributed by atoms with Gasteiger partial charge in [-0.1, -0.05) is 23.8 Å². The van der Waals surface area contributed by atoms with Crippen LogP contribution in [0.3, 0.4) is 0 Å². The standard InChI is InChI=1S/C16H19N3O/c1-13(2)9-16(20)18(3)11-14-10-17-19(12-14)15-7-5-4-6-8-15/h4-10,12H,11H2,1-3H3. The zero-order chi connectivity index (χ0) is 14.5. The van der Waals surface area contributed by atoms with Crippen molar-refractivity contribution in [3.8, 4) is 5.69 Å². The molecular weight excluding hydrogens is 250 g/mol. The van der Waals surface area contributed by atoms with E-state index in [1.54, 1.807) is 24.2 Å². The molecular formula is C16H19N3O. The molecule has 0 aliphatic rings. The van der Waals surface area contributed by atoms with Gasteiger partial charge in [-0.3, -0.25) is 4.79 Å². The Bertz CT molecular complexity index is 610. The third-order valence-electron chi connectivity index (χ3n) is 2.86. The molecule has 0 radical (unpaired) electrons. The van der Waals surface area contributed by atoms with Gasteiger partial charge in [-0.25, -0.2) is 4.68 Å². The highest BCUT2D eigenvalue weighted by Gasteiger charge is 2.08. The molecule has 0 fully saturated rings. The van der Waals surface area contributed by atoms with E-state index in [0.717, 1.165) is 16.8 Å². The summed E-state index contributed by atoms with van der Waals surface area (Å²) in [5.74, 6) is 0.0115. The Morgan fingerprint density at radius 3 is 2.65 bits per heavy atom. The number of aromatic nitrogens is 2. The zero-order valence-corrected chi connectivity index (χ0v) is 12.1. The average molecular weight is 269 g/mol. The topological polar surface area (TPSA) is 38.1 Å². The van der Waals surface area contributed by atoms with Crippen molar-refractivity contribution in [3.63, 3.8) is 0 Å². The first-order valence-electron chi connectivity index (χ1n) is 6.55. The molecule has 0 saturated heterocycles. The number of rotatable bonds is 4. The van der Waals surface area contributed by atoms with E-state index in [1.807, 2.05) is 55.1 Å². The van der Waals surface area contributed by atoms with Crippen LogP contribution < -0.4 is 0 Å². The van der Waals surface area contributed by atoms with Crippen LogP contribution in [0.25, 0.3) is 5.69 Å². The highest BCUT2D eigenvalue weighted by atomic mass is 16.2. The molecule has 1 aromatic carbocycles.